The van der Waals surface area contributed by atoms with Crippen molar-refractivity contribution < 1.29 is 0 Å². The molecule has 2 aromatic rings. The molecule has 0 aliphatic heterocycles. The predicted molar refractivity (Wildman–Crippen MR) is 79.5 cm³/mol. The number of aryl methyl sites for hydroxylation is 1. The molecule has 1 N–H and O–H groups in total. The molecule has 3 nitrogen and oxygen atoms in total. The highest BCUT2D eigenvalue weighted by atomic mass is 32.1. The summed E-state index contributed by atoms with van der Waals surface area (Å²) in [6.45, 7) is 6.23. The van der Waals surface area contributed by atoms with Crippen LogP contribution in [0, 0.1) is 12.8 Å². The maximum absolute atomic E-state index is 4.32. The second-order valence-corrected chi connectivity index (χ2v) is 6.65. The molecule has 1 fully saturated rings. The fourth-order valence-corrected chi connectivity index (χ4v) is 3.41. The van der Waals surface area contributed by atoms with Crippen LogP contribution in [0.25, 0.3) is 0 Å². The van der Waals surface area contributed by atoms with Crippen LogP contribution in [0.2, 0.25) is 0 Å². The summed E-state index contributed by atoms with van der Waals surface area (Å²) in [5.41, 5.74) is 1.44. The van der Waals surface area contributed by atoms with Gasteiger partial charge in [0.15, 0.2) is 0 Å². The molecule has 102 valence electrons. The molecule has 3 rings (SSSR count). The highest BCUT2D eigenvalue weighted by molar-refractivity contribution is 7.11. The largest absolute Gasteiger partial charge is 0.349 e. The van der Waals surface area contributed by atoms with Crippen molar-refractivity contribution in [2.45, 2.75) is 39.3 Å². The van der Waals surface area contributed by atoms with Gasteiger partial charge in [-0.3, -0.25) is 0 Å². The maximum atomic E-state index is 4.32. The smallest absolute Gasteiger partial charge is 0.0897 e. The second kappa shape index (κ2) is 5.47. The van der Waals surface area contributed by atoms with E-state index in [2.05, 4.69) is 47.2 Å². The molecule has 19 heavy (non-hydrogen) atoms. The van der Waals surface area contributed by atoms with Gasteiger partial charge in [0.05, 0.1) is 11.6 Å². The van der Waals surface area contributed by atoms with E-state index in [0.717, 1.165) is 24.0 Å². The van der Waals surface area contributed by atoms with Crippen LogP contribution in [0.4, 0.5) is 0 Å². The maximum Gasteiger partial charge on any atom is 0.0897 e. The van der Waals surface area contributed by atoms with Gasteiger partial charge in [-0.05, 0) is 43.9 Å². The van der Waals surface area contributed by atoms with E-state index in [1.54, 1.807) is 11.3 Å². The monoisotopic (exact) mass is 275 g/mol. The first-order chi connectivity index (χ1) is 9.26. The molecule has 1 aliphatic carbocycles. The van der Waals surface area contributed by atoms with Crippen LogP contribution in [-0.2, 0) is 6.54 Å². The quantitative estimate of drug-likeness (QED) is 0.876. The molecule has 1 unspecified atom stereocenters. The minimum absolute atomic E-state index is 0.550. The molecule has 0 bridgehead atoms. The van der Waals surface area contributed by atoms with Crippen LogP contribution in [0.3, 0.4) is 0 Å². The summed E-state index contributed by atoms with van der Waals surface area (Å²) in [5.74, 6) is 0.849. The lowest BCUT2D eigenvalue weighted by atomic mass is 10.1. The summed E-state index contributed by atoms with van der Waals surface area (Å²) >= 11 is 1.78. The Balaban J connectivity index is 1.71. The molecule has 1 atom stereocenters. The van der Waals surface area contributed by atoms with E-state index in [1.807, 2.05) is 6.20 Å². The second-order valence-electron chi connectivity index (χ2n) is 5.34. The Kier molecular flexibility index (Phi) is 3.71. The number of aromatic nitrogens is 2. The van der Waals surface area contributed by atoms with Crippen molar-refractivity contribution in [3.05, 3.63) is 40.1 Å². The lowest BCUT2D eigenvalue weighted by molar-refractivity contribution is 0.495. The fourth-order valence-electron chi connectivity index (χ4n) is 2.61. The normalized spacial score (nSPS) is 16.7. The van der Waals surface area contributed by atoms with Crippen LogP contribution >= 0.6 is 11.3 Å². The number of rotatable bonds is 6. The minimum atomic E-state index is 0.550. The van der Waals surface area contributed by atoms with Crippen molar-refractivity contribution in [1.82, 2.24) is 14.9 Å². The van der Waals surface area contributed by atoms with Crippen LogP contribution in [-0.4, -0.2) is 16.1 Å². The van der Waals surface area contributed by atoms with Gasteiger partial charge in [0.1, 0.15) is 0 Å². The third-order valence-electron chi connectivity index (χ3n) is 3.66. The van der Waals surface area contributed by atoms with Gasteiger partial charge in [0.25, 0.3) is 0 Å². The van der Waals surface area contributed by atoms with E-state index in [4.69, 9.17) is 0 Å². The van der Waals surface area contributed by atoms with E-state index in [-0.39, 0.29) is 0 Å². The summed E-state index contributed by atoms with van der Waals surface area (Å²) in [5, 5.41) is 4.76. The van der Waals surface area contributed by atoms with Crippen molar-refractivity contribution in [2.75, 3.05) is 6.54 Å². The molecule has 0 spiro atoms. The van der Waals surface area contributed by atoms with Crippen LogP contribution in [0.15, 0.2) is 24.7 Å². The van der Waals surface area contributed by atoms with Gasteiger partial charge in [-0.2, -0.15) is 0 Å². The number of hydrogen-bond acceptors (Lipinski definition) is 3. The minimum Gasteiger partial charge on any atom is -0.349 e. The first-order valence-corrected chi connectivity index (χ1v) is 7.88. The summed E-state index contributed by atoms with van der Waals surface area (Å²) in [7, 11) is 0. The van der Waals surface area contributed by atoms with E-state index < -0.39 is 0 Å². The molecule has 0 amide bonds. The van der Waals surface area contributed by atoms with Crippen molar-refractivity contribution in [3.63, 3.8) is 0 Å². The first-order valence-electron chi connectivity index (χ1n) is 7.06. The first kappa shape index (κ1) is 12.9. The molecule has 2 aromatic heterocycles. The SMILES string of the molecule is CCNC(c1ccn(Cc2cnc(C)s2)c1)C1CC1. The van der Waals surface area contributed by atoms with Gasteiger partial charge in [-0.25, -0.2) is 4.98 Å². The molecule has 1 aliphatic rings. The lowest BCUT2D eigenvalue weighted by Gasteiger charge is -2.15. The number of thiazole rings is 1. The van der Waals surface area contributed by atoms with Gasteiger partial charge in [-0.15, -0.1) is 11.3 Å². The highest BCUT2D eigenvalue weighted by Gasteiger charge is 2.31. The van der Waals surface area contributed by atoms with Crippen LogP contribution in [0.5, 0.6) is 0 Å². The topological polar surface area (TPSA) is 29.9 Å². The summed E-state index contributed by atoms with van der Waals surface area (Å²) in [6, 6.07) is 2.81. The lowest BCUT2D eigenvalue weighted by Crippen LogP contribution is -2.22. The standard InChI is InChI=1S/C15H21N3S/c1-3-16-15(12-4-5-12)13-6-7-18(9-13)10-14-8-17-11(2)19-14/h6-9,12,15-16H,3-5,10H2,1-2H3. The van der Waals surface area contributed by atoms with Crippen molar-refractivity contribution >= 4 is 11.3 Å². The van der Waals surface area contributed by atoms with E-state index >= 15 is 0 Å². The molecular formula is C15H21N3S. The van der Waals surface area contributed by atoms with E-state index in [1.165, 1.54) is 23.3 Å². The zero-order valence-electron chi connectivity index (χ0n) is 11.6. The van der Waals surface area contributed by atoms with E-state index in [0.29, 0.717) is 6.04 Å². The summed E-state index contributed by atoms with van der Waals surface area (Å²) in [4.78, 5) is 5.64. The Bertz CT molecular complexity index is 539. The molecule has 0 aromatic carbocycles. The van der Waals surface area contributed by atoms with Crippen molar-refractivity contribution in [1.29, 1.82) is 0 Å². The zero-order chi connectivity index (χ0) is 13.2. The Hall–Kier alpha value is -1.13. The van der Waals surface area contributed by atoms with E-state index in [9.17, 15) is 0 Å². The average Bonchev–Trinajstić information content (AvgIpc) is 3.00. The fraction of sp³-hybridized carbons (Fsp3) is 0.533. The van der Waals surface area contributed by atoms with Gasteiger partial charge >= 0.3 is 0 Å². The molecule has 0 saturated heterocycles. The van der Waals surface area contributed by atoms with Gasteiger partial charge in [-0.1, -0.05) is 6.92 Å². The van der Waals surface area contributed by atoms with Crippen molar-refractivity contribution in [2.24, 2.45) is 5.92 Å². The third-order valence-corrected chi connectivity index (χ3v) is 4.55. The third kappa shape index (κ3) is 3.07. The summed E-state index contributed by atoms with van der Waals surface area (Å²) in [6.07, 6.45) is 9.22. The van der Waals surface area contributed by atoms with Gasteiger partial charge < -0.3 is 9.88 Å². The summed E-state index contributed by atoms with van der Waals surface area (Å²) < 4.78 is 2.27. The Morgan fingerprint density at radius 3 is 3.00 bits per heavy atom. The number of nitrogens with zero attached hydrogens (tertiary/aromatic N) is 2. The van der Waals surface area contributed by atoms with Crippen molar-refractivity contribution in [3.8, 4) is 0 Å². The molecule has 0 radical (unpaired) electrons. The predicted octanol–water partition coefficient (Wildman–Crippen LogP) is 3.36. The molecular weight excluding hydrogens is 254 g/mol. The molecule has 4 heteroatoms. The van der Waals surface area contributed by atoms with Crippen LogP contribution < -0.4 is 5.32 Å². The number of nitrogens with one attached hydrogen (secondary N) is 1. The molecule has 2 heterocycles. The number of hydrogen-bond donors (Lipinski definition) is 1. The molecule has 1 saturated carbocycles. The Morgan fingerprint density at radius 2 is 2.37 bits per heavy atom. The average molecular weight is 275 g/mol. The highest BCUT2D eigenvalue weighted by Crippen LogP contribution is 2.41. The van der Waals surface area contributed by atoms with Gasteiger partial charge in [0.2, 0.25) is 0 Å². The Labute approximate surface area is 118 Å². The zero-order valence-corrected chi connectivity index (χ0v) is 12.4. The Morgan fingerprint density at radius 1 is 1.53 bits per heavy atom. The van der Waals surface area contributed by atoms with Gasteiger partial charge in [0, 0.05) is 29.5 Å². The van der Waals surface area contributed by atoms with Crippen LogP contribution in [0.1, 0.15) is 41.3 Å².